The number of rotatable bonds is 8. The Hall–Kier alpha value is -2.79. The van der Waals surface area contributed by atoms with Crippen molar-refractivity contribution in [1.82, 2.24) is 14.3 Å². The minimum atomic E-state index is -3.88. The molecule has 1 aromatic heterocycles. The summed E-state index contributed by atoms with van der Waals surface area (Å²) in [4.78, 5) is 27.3. The van der Waals surface area contributed by atoms with E-state index in [1.54, 1.807) is 18.5 Å². The zero-order chi connectivity index (χ0) is 20.2. The van der Waals surface area contributed by atoms with Crippen molar-refractivity contribution in [1.29, 1.82) is 0 Å². The van der Waals surface area contributed by atoms with E-state index in [1.165, 1.54) is 18.3 Å². The molecule has 1 amide bonds. The molecule has 0 aliphatic carbocycles. The van der Waals surface area contributed by atoms with Crippen LogP contribution in [0, 0.1) is 12.7 Å². The van der Waals surface area contributed by atoms with Crippen LogP contribution in [0.4, 0.5) is 4.39 Å². The van der Waals surface area contributed by atoms with E-state index in [1.807, 2.05) is 0 Å². The van der Waals surface area contributed by atoms with Crippen LogP contribution in [0.5, 0.6) is 0 Å². The summed E-state index contributed by atoms with van der Waals surface area (Å²) in [5.41, 5.74) is 5.42. The molecular formula is C16H19FN4O5S. The molecule has 1 unspecified atom stereocenters. The van der Waals surface area contributed by atoms with Crippen LogP contribution in [-0.4, -0.2) is 36.4 Å². The summed E-state index contributed by atoms with van der Waals surface area (Å²) in [6, 6.07) is 4.73. The first-order valence-electron chi connectivity index (χ1n) is 7.84. The number of aryl methyl sites for hydroxylation is 2. The highest BCUT2D eigenvalue weighted by atomic mass is 32.2. The zero-order valence-corrected chi connectivity index (χ0v) is 15.5. The molecule has 0 aliphatic rings. The summed E-state index contributed by atoms with van der Waals surface area (Å²) in [7, 11) is -2.23. The number of carbonyl (C=O) groups excluding carboxylic acids is 2. The van der Waals surface area contributed by atoms with Gasteiger partial charge < -0.3 is 15.0 Å². The van der Waals surface area contributed by atoms with E-state index in [0.29, 0.717) is 5.82 Å². The smallest absolute Gasteiger partial charge is 0.308 e. The van der Waals surface area contributed by atoms with Gasteiger partial charge in [-0.15, -0.1) is 0 Å². The van der Waals surface area contributed by atoms with Crippen molar-refractivity contribution in [3.63, 3.8) is 0 Å². The van der Waals surface area contributed by atoms with Crippen molar-refractivity contribution in [2.24, 2.45) is 12.8 Å². The summed E-state index contributed by atoms with van der Waals surface area (Å²) >= 11 is 0. The number of amides is 1. The van der Waals surface area contributed by atoms with Crippen molar-refractivity contribution >= 4 is 21.9 Å². The van der Waals surface area contributed by atoms with Gasteiger partial charge in [0.05, 0.1) is 6.42 Å². The lowest BCUT2D eigenvalue weighted by atomic mass is 10.1. The summed E-state index contributed by atoms with van der Waals surface area (Å²) in [5, 5.41) is -0.169. The molecule has 0 radical (unpaired) electrons. The Kier molecular flexibility index (Phi) is 6.28. The van der Waals surface area contributed by atoms with Crippen LogP contribution in [0.15, 0.2) is 35.5 Å². The molecule has 27 heavy (non-hydrogen) atoms. The summed E-state index contributed by atoms with van der Waals surface area (Å²) in [5.74, 6) is -1.78. The predicted molar refractivity (Wildman–Crippen MR) is 92.2 cm³/mol. The maximum Gasteiger partial charge on any atom is 0.308 e. The van der Waals surface area contributed by atoms with Crippen molar-refractivity contribution < 1.29 is 27.1 Å². The number of nitrogens with one attached hydrogen (secondary N) is 1. The molecule has 0 aliphatic heterocycles. The lowest BCUT2D eigenvalue weighted by Gasteiger charge is -2.15. The predicted octanol–water partition coefficient (Wildman–Crippen LogP) is 0.306. The van der Waals surface area contributed by atoms with Gasteiger partial charge in [-0.2, -0.15) is 0 Å². The first kappa shape index (κ1) is 20.5. The number of imidazole rings is 1. The standard InChI is InChI=1S/C16H19FN4O5S/c1-10-20-13(9-21(10)2)27(24,25)19-8-7-14(22)26-15(16(18)23)11-3-5-12(17)6-4-11/h3-6,9,15,19H,7-8H2,1-2H3,(H2,18,23). The molecule has 0 saturated heterocycles. The molecule has 1 heterocycles. The first-order chi connectivity index (χ1) is 12.6. The molecular weight excluding hydrogens is 379 g/mol. The highest BCUT2D eigenvalue weighted by Gasteiger charge is 2.23. The third-order valence-electron chi connectivity index (χ3n) is 3.66. The minimum absolute atomic E-state index is 0.169. The molecule has 0 bridgehead atoms. The fourth-order valence-corrected chi connectivity index (χ4v) is 3.20. The van der Waals surface area contributed by atoms with Crippen LogP contribution >= 0.6 is 0 Å². The molecule has 0 fully saturated rings. The number of halogens is 1. The van der Waals surface area contributed by atoms with Gasteiger partial charge in [-0.25, -0.2) is 22.5 Å². The van der Waals surface area contributed by atoms with E-state index in [-0.39, 0.29) is 23.6 Å². The Labute approximate surface area is 155 Å². The number of primary amides is 1. The highest BCUT2D eigenvalue weighted by molar-refractivity contribution is 7.89. The first-order valence-corrected chi connectivity index (χ1v) is 9.32. The van der Waals surface area contributed by atoms with E-state index in [0.717, 1.165) is 12.1 Å². The van der Waals surface area contributed by atoms with E-state index in [9.17, 15) is 22.4 Å². The molecule has 0 spiro atoms. The van der Waals surface area contributed by atoms with Gasteiger partial charge in [0.2, 0.25) is 6.10 Å². The number of sulfonamides is 1. The van der Waals surface area contributed by atoms with Gasteiger partial charge in [0.15, 0.2) is 5.03 Å². The normalized spacial score (nSPS) is 12.6. The van der Waals surface area contributed by atoms with E-state index in [4.69, 9.17) is 10.5 Å². The Morgan fingerprint density at radius 2 is 1.96 bits per heavy atom. The second kappa shape index (κ2) is 8.27. The topological polar surface area (TPSA) is 133 Å². The zero-order valence-electron chi connectivity index (χ0n) is 14.7. The SMILES string of the molecule is Cc1nc(S(=O)(=O)NCCC(=O)OC(C(N)=O)c2ccc(F)cc2)cn1C. The van der Waals surface area contributed by atoms with Crippen LogP contribution in [0.3, 0.4) is 0 Å². The lowest BCUT2D eigenvalue weighted by Crippen LogP contribution is -2.30. The van der Waals surface area contributed by atoms with Gasteiger partial charge in [-0.1, -0.05) is 12.1 Å². The second-order valence-corrected chi connectivity index (χ2v) is 7.42. The van der Waals surface area contributed by atoms with Gasteiger partial charge in [0.1, 0.15) is 11.6 Å². The number of hydrogen-bond acceptors (Lipinski definition) is 6. The van der Waals surface area contributed by atoms with Crippen LogP contribution < -0.4 is 10.5 Å². The van der Waals surface area contributed by atoms with E-state index in [2.05, 4.69) is 9.71 Å². The Morgan fingerprint density at radius 1 is 1.33 bits per heavy atom. The Bertz CT molecular complexity index is 921. The summed E-state index contributed by atoms with van der Waals surface area (Å²) < 4.78 is 46.0. The van der Waals surface area contributed by atoms with Crippen molar-refractivity contribution in [3.8, 4) is 0 Å². The van der Waals surface area contributed by atoms with Gasteiger partial charge in [0.25, 0.3) is 15.9 Å². The van der Waals surface area contributed by atoms with Gasteiger partial charge in [-0.05, 0) is 19.1 Å². The molecule has 3 N–H and O–H groups in total. The second-order valence-electron chi connectivity index (χ2n) is 5.71. The number of ether oxygens (including phenoxy) is 1. The third-order valence-corrected chi connectivity index (χ3v) is 5.00. The average molecular weight is 398 g/mol. The number of benzene rings is 1. The fraction of sp³-hybridized carbons (Fsp3) is 0.312. The number of carbonyl (C=O) groups is 2. The minimum Gasteiger partial charge on any atom is -0.447 e. The van der Waals surface area contributed by atoms with Crippen molar-refractivity contribution in [2.45, 2.75) is 24.5 Å². The van der Waals surface area contributed by atoms with Crippen molar-refractivity contribution in [2.75, 3.05) is 6.54 Å². The molecule has 2 aromatic rings. The monoisotopic (exact) mass is 398 g/mol. The highest BCUT2D eigenvalue weighted by Crippen LogP contribution is 2.18. The average Bonchev–Trinajstić information content (AvgIpc) is 2.93. The van der Waals surface area contributed by atoms with Crippen LogP contribution in [0.1, 0.15) is 23.9 Å². The molecule has 9 nitrogen and oxygen atoms in total. The maximum atomic E-state index is 13.0. The van der Waals surface area contributed by atoms with E-state index >= 15 is 0 Å². The quantitative estimate of drug-likeness (QED) is 0.615. The van der Waals surface area contributed by atoms with Crippen LogP contribution in [0.25, 0.3) is 0 Å². The number of aromatic nitrogens is 2. The van der Waals surface area contributed by atoms with Crippen LogP contribution in [-0.2, 0) is 31.4 Å². The largest absolute Gasteiger partial charge is 0.447 e. The van der Waals surface area contributed by atoms with Gasteiger partial charge in [-0.3, -0.25) is 9.59 Å². The summed E-state index contributed by atoms with van der Waals surface area (Å²) in [6.45, 7) is 1.39. The van der Waals surface area contributed by atoms with E-state index < -0.39 is 33.8 Å². The molecule has 1 atom stereocenters. The maximum absolute atomic E-state index is 13.0. The van der Waals surface area contributed by atoms with Crippen LogP contribution in [0.2, 0.25) is 0 Å². The molecule has 146 valence electrons. The van der Waals surface area contributed by atoms with Gasteiger partial charge >= 0.3 is 5.97 Å². The Balaban J connectivity index is 1.94. The molecule has 11 heteroatoms. The number of nitrogens with two attached hydrogens (primary N) is 1. The summed E-state index contributed by atoms with van der Waals surface area (Å²) in [6.07, 6.45) is -0.392. The number of nitrogens with zero attached hydrogens (tertiary/aromatic N) is 2. The number of hydrogen-bond donors (Lipinski definition) is 2. The number of esters is 1. The lowest BCUT2D eigenvalue weighted by molar-refractivity contribution is -0.155. The molecule has 1 aromatic carbocycles. The third kappa shape index (κ3) is 5.34. The fourth-order valence-electron chi connectivity index (χ4n) is 2.14. The Morgan fingerprint density at radius 3 is 2.48 bits per heavy atom. The molecule has 2 rings (SSSR count). The van der Waals surface area contributed by atoms with Gasteiger partial charge in [0, 0.05) is 25.4 Å². The molecule has 0 saturated carbocycles. The van der Waals surface area contributed by atoms with Crippen molar-refractivity contribution in [3.05, 3.63) is 47.7 Å².